The zero-order valence-electron chi connectivity index (χ0n) is 19.9. The summed E-state index contributed by atoms with van der Waals surface area (Å²) in [6.07, 6.45) is 4.10. The van der Waals surface area contributed by atoms with Gasteiger partial charge in [-0.3, -0.25) is 9.59 Å². The molecule has 0 spiro atoms. The number of Topliss-reactive ketones (excluding diaryl/α,β-unsaturated/α-hetero) is 1. The largest absolute Gasteiger partial charge is 0.494 e. The van der Waals surface area contributed by atoms with Crippen molar-refractivity contribution in [3.8, 4) is 11.6 Å². The van der Waals surface area contributed by atoms with E-state index in [4.69, 9.17) is 16.0 Å². The number of amides is 1. The standard InChI is InChI=1S/C25H26N4O4S/c1-13-14(2)34-15(3)19(13)21(26-4)16-7-9-29(10-8-16)25(31)23(30)17-11-27-22-20(17)18(32-5)12-28-24(22)33-6/h11-12,27H,7-10H2,1-3,5-6H3. The van der Waals surface area contributed by atoms with Crippen LogP contribution >= 0.6 is 11.3 Å². The van der Waals surface area contributed by atoms with E-state index in [2.05, 4.69) is 28.7 Å². The number of carbonyl (C=O) groups is 2. The van der Waals surface area contributed by atoms with Crippen molar-refractivity contribution in [1.29, 1.82) is 0 Å². The molecule has 176 valence electrons. The van der Waals surface area contributed by atoms with Crippen molar-refractivity contribution in [3.05, 3.63) is 55.8 Å². The number of hydrogen-bond acceptors (Lipinski definition) is 6. The molecule has 8 nitrogen and oxygen atoms in total. The summed E-state index contributed by atoms with van der Waals surface area (Å²) in [7, 11) is 2.97. The number of fused-ring (bicyclic) bond motifs is 1. The highest BCUT2D eigenvalue weighted by atomic mass is 32.1. The molecule has 0 unspecified atom stereocenters. The third-order valence-corrected chi connectivity index (χ3v) is 7.51. The molecule has 1 saturated heterocycles. The van der Waals surface area contributed by atoms with Crippen molar-refractivity contribution >= 4 is 39.6 Å². The second-order valence-electron chi connectivity index (χ2n) is 8.19. The van der Waals surface area contributed by atoms with Crippen molar-refractivity contribution in [2.75, 3.05) is 27.3 Å². The van der Waals surface area contributed by atoms with Gasteiger partial charge in [-0.1, -0.05) is 5.57 Å². The summed E-state index contributed by atoms with van der Waals surface area (Å²) in [5.41, 5.74) is 4.63. The lowest BCUT2D eigenvalue weighted by atomic mass is 9.95. The Hall–Kier alpha value is -3.64. The summed E-state index contributed by atoms with van der Waals surface area (Å²) < 4.78 is 10.6. The number of aryl methyl sites for hydroxylation is 2. The molecule has 3 aromatic rings. The molecule has 1 amide bonds. The van der Waals surface area contributed by atoms with Gasteiger partial charge in [0.2, 0.25) is 5.88 Å². The number of aromatic amines is 1. The van der Waals surface area contributed by atoms with Crippen molar-refractivity contribution in [3.63, 3.8) is 0 Å². The number of piperidine rings is 1. The van der Waals surface area contributed by atoms with Gasteiger partial charge in [0.15, 0.2) is 5.70 Å². The highest BCUT2D eigenvalue weighted by molar-refractivity contribution is 7.12. The number of ketones is 1. The van der Waals surface area contributed by atoms with E-state index >= 15 is 0 Å². The Labute approximate surface area is 202 Å². The maximum Gasteiger partial charge on any atom is 0.295 e. The van der Waals surface area contributed by atoms with E-state index in [0.29, 0.717) is 54.2 Å². The molecule has 3 aromatic heterocycles. The first-order chi connectivity index (χ1) is 16.3. The number of nitrogens with zero attached hydrogens (tertiary/aromatic N) is 3. The van der Waals surface area contributed by atoms with E-state index in [1.165, 1.54) is 31.5 Å². The molecule has 34 heavy (non-hydrogen) atoms. The Morgan fingerprint density at radius 3 is 2.41 bits per heavy atom. The maximum atomic E-state index is 13.2. The van der Waals surface area contributed by atoms with Crippen LogP contribution in [0.1, 0.15) is 44.1 Å². The first kappa shape index (κ1) is 23.5. The Balaban J connectivity index is 1.58. The highest BCUT2D eigenvalue weighted by Gasteiger charge is 2.30. The summed E-state index contributed by atoms with van der Waals surface area (Å²) >= 11 is 1.70. The zero-order chi connectivity index (χ0) is 24.6. The lowest BCUT2D eigenvalue weighted by Crippen LogP contribution is -2.40. The third kappa shape index (κ3) is 3.84. The molecule has 4 heterocycles. The minimum atomic E-state index is -0.615. The average Bonchev–Trinajstić information content (AvgIpc) is 3.40. The lowest BCUT2D eigenvalue weighted by molar-refractivity contribution is -0.126. The minimum absolute atomic E-state index is 0.223. The first-order valence-corrected chi connectivity index (χ1v) is 11.7. The number of methoxy groups -OCH3 is 2. The topological polar surface area (TPSA) is 88.9 Å². The first-order valence-electron chi connectivity index (χ1n) is 10.9. The van der Waals surface area contributed by atoms with Gasteiger partial charge in [0.1, 0.15) is 11.3 Å². The molecule has 0 atom stereocenters. The van der Waals surface area contributed by atoms with Gasteiger partial charge in [0.25, 0.3) is 11.7 Å². The van der Waals surface area contributed by atoms with Crippen LogP contribution < -0.4 is 9.47 Å². The van der Waals surface area contributed by atoms with Crippen LogP contribution in [0.25, 0.3) is 21.4 Å². The fraction of sp³-hybridized carbons (Fsp3) is 0.360. The van der Waals surface area contributed by atoms with E-state index in [1.807, 2.05) is 6.92 Å². The second kappa shape index (κ2) is 9.31. The van der Waals surface area contributed by atoms with Crippen LogP contribution in [0.5, 0.6) is 11.6 Å². The number of hydrogen-bond donors (Lipinski definition) is 1. The third-order valence-electron chi connectivity index (χ3n) is 6.39. The number of likely N-dealkylation sites (tertiary alicyclic amines) is 1. The molecule has 0 radical (unpaired) electrons. The van der Waals surface area contributed by atoms with Gasteiger partial charge in [0, 0.05) is 24.2 Å². The highest BCUT2D eigenvalue weighted by Crippen LogP contribution is 2.37. The Kier molecular flexibility index (Phi) is 6.44. The maximum absolute atomic E-state index is 13.2. The number of thiophene rings is 1. The van der Waals surface area contributed by atoms with E-state index in [-0.39, 0.29) is 5.56 Å². The van der Waals surface area contributed by atoms with Gasteiger partial charge in [-0.15, -0.1) is 11.3 Å². The van der Waals surface area contributed by atoms with Crippen molar-refractivity contribution < 1.29 is 19.1 Å². The lowest BCUT2D eigenvalue weighted by Gasteiger charge is -2.29. The minimum Gasteiger partial charge on any atom is -0.494 e. The molecule has 9 heteroatoms. The van der Waals surface area contributed by atoms with Crippen LogP contribution in [-0.4, -0.2) is 53.9 Å². The summed E-state index contributed by atoms with van der Waals surface area (Å²) in [6.45, 7) is 14.7. The number of carbonyl (C=O) groups excluding carboxylic acids is 2. The molecule has 1 fully saturated rings. The van der Waals surface area contributed by atoms with Crippen LogP contribution in [0.15, 0.2) is 18.0 Å². The van der Waals surface area contributed by atoms with Crippen LogP contribution in [0, 0.1) is 27.3 Å². The SMILES string of the molecule is [C-]#[N+]C(=C1CCN(C(=O)C(=O)c2c[nH]c3c(OC)ncc(OC)c23)CC1)c1c(C)sc(C)c1C. The van der Waals surface area contributed by atoms with E-state index in [0.717, 1.165) is 21.6 Å². The zero-order valence-corrected chi connectivity index (χ0v) is 20.7. The van der Waals surface area contributed by atoms with Crippen LogP contribution in [-0.2, 0) is 4.79 Å². The van der Waals surface area contributed by atoms with Crippen LogP contribution in [0.3, 0.4) is 0 Å². The van der Waals surface area contributed by atoms with Gasteiger partial charge >= 0.3 is 0 Å². The number of aromatic nitrogens is 2. The molecule has 0 bridgehead atoms. The molecule has 0 aromatic carbocycles. The number of ether oxygens (including phenoxy) is 2. The Morgan fingerprint density at radius 2 is 1.85 bits per heavy atom. The molecule has 1 aliphatic rings. The Morgan fingerprint density at radius 1 is 1.15 bits per heavy atom. The smallest absolute Gasteiger partial charge is 0.295 e. The van der Waals surface area contributed by atoms with E-state index in [9.17, 15) is 9.59 Å². The van der Waals surface area contributed by atoms with Crippen molar-refractivity contribution in [2.45, 2.75) is 33.6 Å². The fourth-order valence-corrected chi connectivity index (χ4v) is 5.58. The molecular formula is C25H26N4O4S. The summed E-state index contributed by atoms with van der Waals surface area (Å²) in [6, 6.07) is 0. The van der Waals surface area contributed by atoms with Gasteiger partial charge in [0.05, 0.1) is 37.9 Å². The number of H-pyrrole nitrogens is 1. The number of rotatable bonds is 5. The molecular weight excluding hydrogens is 452 g/mol. The van der Waals surface area contributed by atoms with E-state index < -0.39 is 11.7 Å². The fourth-order valence-electron chi connectivity index (χ4n) is 4.51. The molecule has 1 aliphatic heterocycles. The van der Waals surface area contributed by atoms with Gasteiger partial charge in [-0.25, -0.2) is 9.83 Å². The number of nitrogens with one attached hydrogen (secondary N) is 1. The van der Waals surface area contributed by atoms with Gasteiger partial charge < -0.3 is 19.4 Å². The summed E-state index contributed by atoms with van der Waals surface area (Å²) in [5, 5.41) is 0.472. The van der Waals surface area contributed by atoms with Gasteiger partial charge in [-0.2, -0.15) is 0 Å². The summed E-state index contributed by atoms with van der Waals surface area (Å²) in [5.74, 6) is -0.483. The van der Waals surface area contributed by atoms with Crippen molar-refractivity contribution in [1.82, 2.24) is 14.9 Å². The van der Waals surface area contributed by atoms with Crippen LogP contribution in [0.2, 0.25) is 0 Å². The predicted molar refractivity (Wildman–Crippen MR) is 131 cm³/mol. The quantitative estimate of drug-likeness (QED) is 0.326. The molecule has 4 rings (SSSR count). The van der Waals surface area contributed by atoms with Crippen LogP contribution in [0.4, 0.5) is 0 Å². The van der Waals surface area contributed by atoms with E-state index in [1.54, 1.807) is 16.2 Å². The normalized spacial score (nSPS) is 13.6. The molecule has 1 N–H and O–H groups in total. The molecule has 0 saturated carbocycles. The summed E-state index contributed by atoms with van der Waals surface area (Å²) in [4.78, 5) is 41.2. The Bertz CT molecular complexity index is 1370. The number of pyridine rings is 1. The second-order valence-corrected chi connectivity index (χ2v) is 9.62. The van der Waals surface area contributed by atoms with Crippen molar-refractivity contribution in [2.24, 2.45) is 0 Å². The van der Waals surface area contributed by atoms with Gasteiger partial charge in [-0.05, 0) is 49.6 Å². The average molecular weight is 479 g/mol. The monoisotopic (exact) mass is 478 g/mol. The molecule has 0 aliphatic carbocycles. The predicted octanol–water partition coefficient (Wildman–Crippen LogP) is 4.70.